The van der Waals surface area contributed by atoms with E-state index >= 15 is 0 Å². The molecule has 16 atom stereocenters. The number of aromatic nitrogens is 12. The van der Waals surface area contributed by atoms with E-state index in [-0.39, 0.29) is 51.2 Å². The van der Waals surface area contributed by atoms with Gasteiger partial charge in [-0.1, -0.05) is 0 Å². The van der Waals surface area contributed by atoms with E-state index in [9.17, 15) is 62.7 Å². The van der Waals surface area contributed by atoms with Crippen LogP contribution in [-0.2, 0) is 68.7 Å². The van der Waals surface area contributed by atoms with E-state index in [1.165, 1.54) is 4.57 Å². The average Bonchev–Trinajstić information content (AvgIpc) is 4.18. The molecular weight excluding hydrogens is 1100 g/mol. The molecule has 39 nitrogen and oxygen atoms in total. The summed E-state index contributed by atoms with van der Waals surface area (Å²) in [5.74, 6) is -0.705. The molecule has 6 aromatic rings. The minimum atomic E-state index is -6.18. The third-order valence-electron chi connectivity index (χ3n) is 11.5. The topological polar surface area (TPSA) is 560 Å². The highest BCUT2D eigenvalue weighted by Gasteiger charge is 2.53. The van der Waals surface area contributed by atoms with Crippen molar-refractivity contribution in [3.8, 4) is 0 Å². The summed E-state index contributed by atoms with van der Waals surface area (Å²) in [6, 6.07) is 0. The van der Waals surface area contributed by atoms with Crippen molar-refractivity contribution in [1.82, 2.24) is 58.6 Å². The number of rotatable bonds is 20. The summed E-state index contributed by atoms with van der Waals surface area (Å²) in [5.41, 5.74) is 15.2. The maximum absolute atomic E-state index is 13.7. The summed E-state index contributed by atoms with van der Waals surface area (Å²) in [6.07, 6.45) is -14.9. The molecule has 10 unspecified atom stereocenters. The molecule has 0 spiro atoms. The minimum Gasteiger partial charge on any atom is -0.387 e. The monoisotopic (exact) mass is 1150 g/mol. The molecule has 75 heavy (non-hydrogen) atoms. The lowest BCUT2D eigenvalue weighted by atomic mass is 10.1. The predicted octanol–water partition coefficient (Wildman–Crippen LogP) is -3.49. The molecule has 3 aliphatic rings. The lowest BCUT2D eigenvalue weighted by molar-refractivity contribution is -0.0582. The molecule has 0 bridgehead atoms. The molecule has 3 saturated heterocycles. The molecule has 3 aliphatic heterocycles. The van der Waals surface area contributed by atoms with Gasteiger partial charge >= 0.3 is 31.3 Å². The Morgan fingerprint density at radius 1 is 0.560 bits per heavy atom. The fourth-order valence-corrected chi connectivity index (χ4v) is 12.7. The zero-order chi connectivity index (χ0) is 54.1. The lowest BCUT2D eigenvalue weighted by Crippen LogP contribution is -2.38. The Labute approximate surface area is 414 Å². The molecule has 0 saturated carbocycles. The van der Waals surface area contributed by atoms with Crippen LogP contribution in [0.25, 0.3) is 33.5 Å². The van der Waals surface area contributed by atoms with Gasteiger partial charge in [0.15, 0.2) is 52.5 Å². The van der Waals surface area contributed by atoms with Gasteiger partial charge in [-0.3, -0.25) is 51.4 Å². The second-order valence-electron chi connectivity index (χ2n) is 16.2. The first-order chi connectivity index (χ1) is 35.3. The number of nitrogens with two attached hydrogens (primary N) is 3. The molecule has 6 aromatic heterocycles. The van der Waals surface area contributed by atoms with Gasteiger partial charge in [0.25, 0.3) is 11.1 Å². The van der Waals surface area contributed by atoms with Gasteiger partial charge in [-0.2, -0.15) is 18.6 Å². The predicted molar refractivity (Wildman–Crippen MR) is 240 cm³/mol. The summed E-state index contributed by atoms with van der Waals surface area (Å²) in [5, 5.41) is 32.7. The molecular formula is C32H43N15O24P4. The molecule has 43 heteroatoms. The highest BCUT2D eigenvalue weighted by atomic mass is 31.3. The fraction of sp³-hybridized carbons (Fsp3) is 0.531. The average molecular weight is 1150 g/mol. The molecule has 9 heterocycles. The van der Waals surface area contributed by atoms with E-state index in [0.717, 1.165) is 48.7 Å². The number of ether oxygens (including phenoxy) is 5. The van der Waals surface area contributed by atoms with Crippen LogP contribution >= 0.6 is 31.3 Å². The van der Waals surface area contributed by atoms with E-state index < -0.39 is 136 Å². The Balaban J connectivity index is 0.864. The molecule has 0 radical (unpaired) electrons. The van der Waals surface area contributed by atoms with Crippen LogP contribution in [0.2, 0.25) is 0 Å². The van der Waals surface area contributed by atoms with Gasteiger partial charge in [-0.15, -0.1) is 0 Å². The molecule has 3 fully saturated rings. The van der Waals surface area contributed by atoms with Gasteiger partial charge in [0.2, 0.25) is 11.9 Å². The van der Waals surface area contributed by atoms with Crippen molar-refractivity contribution >= 4 is 82.5 Å². The zero-order valence-electron chi connectivity index (χ0n) is 37.9. The molecule has 410 valence electrons. The van der Waals surface area contributed by atoms with Crippen LogP contribution in [0.1, 0.15) is 18.7 Å². The number of anilines is 3. The van der Waals surface area contributed by atoms with Crippen LogP contribution < -0.4 is 28.3 Å². The Bertz CT molecular complexity index is 3430. The first kappa shape index (κ1) is 54.6. The summed E-state index contributed by atoms with van der Waals surface area (Å²) in [4.78, 5) is 99.4. The summed E-state index contributed by atoms with van der Waals surface area (Å²) in [7, 11) is -21.2. The third-order valence-corrected chi connectivity index (χ3v) is 16.7. The zero-order valence-corrected chi connectivity index (χ0v) is 41.5. The van der Waals surface area contributed by atoms with E-state index in [2.05, 4.69) is 53.5 Å². The maximum atomic E-state index is 13.7. The van der Waals surface area contributed by atoms with Gasteiger partial charge in [0.05, 0.1) is 38.8 Å². The number of methoxy groups -OCH3 is 2. The number of imidazole rings is 3. The normalized spacial score (nSPS) is 30.5. The molecule has 0 amide bonds. The number of aromatic amines is 2. The summed E-state index contributed by atoms with van der Waals surface area (Å²) >= 11 is 0. The van der Waals surface area contributed by atoms with Crippen LogP contribution in [0.5, 0.6) is 0 Å². The van der Waals surface area contributed by atoms with Crippen molar-refractivity contribution in [2.24, 2.45) is 0 Å². The number of nitrogens with one attached hydrogen (secondary N) is 2. The molecule has 0 aliphatic carbocycles. The first-order valence-electron chi connectivity index (χ1n) is 21.1. The first-order valence-corrected chi connectivity index (χ1v) is 27.1. The van der Waals surface area contributed by atoms with Gasteiger partial charge in [0, 0.05) is 14.2 Å². The van der Waals surface area contributed by atoms with Gasteiger partial charge in [0.1, 0.15) is 66.8 Å². The summed E-state index contributed by atoms with van der Waals surface area (Å²) in [6.45, 7) is -3.26. The number of aliphatic hydroxyl groups excluding tert-OH is 3. The van der Waals surface area contributed by atoms with Crippen molar-refractivity contribution in [1.29, 1.82) is 0 Å². The highest BCUT2D eigenvalue weighted by Crippen LogP contribution is 2.68. The van der Waals surface area contributed by atoms with Crippen molar-refractivity contribution < 1.29 is 104 Å². The van der Waals surface area contributed by atoms with Crippen LogP contribution in [0, 0.1) is 0 Å². The van der Waals surface area contributed by atoms with Crippen LogP contribution in [0.15, 0.2) is 34.9 Å². The van der Waals surface area contributed by atoms with E-state index in [1.807, 2.05) is 0 Å². The van der Waals surface area contributed by atoms with Crippen molar-refractivity contribution in [2.45, 2.75) is 73.6 Å². The number of hydrogen-bond donors (Lipinski definition) is 12. The largest absolute Gasteiger partial charge is 0.490 e. The summed E-state index contributed by atoms with van der Waals surface area (Å²) < 4.78 is 113. The van der Waals surface area contributed by atoms with E-state index in [1.54, 1.807) is 0 Å². The lowest BCUT2D eigenvalue weighted by Gasteiger charge is -2.26. The quantitative estimate of drug-likeness (QED) is 0.0330. The van der Waals surface area contributed by atoms with Gasteiger partial charge < -0.3 is 75.8 Å². The Morgan fingerprint density at radius 3 is 1.56 bits per heavy atom. The van der Waals surface area contributed by atoms with Crippen molar-refractivity contribution in [2.75, 3.05) is 51.2 Å². The SMILES string of the molecule is COC1C(OP(=O)(O)OC[C@H]2O[C@@H](n3cnc4c(=O)[nH]c(N)nc43)C(O)C2O)[C@@H](COP(=O)(O)OP(=O)(O)OP(=O)(O)OC[C@H]2O[C@@H](n3cnc4c(=O)[nH]c(N)nc43)C(O)C2OC)O[C@H]1n1cnc2c(N)ncnc21. The highest BCUT2D eigenvalue weighted by molar-refractivity contribution is 7.66. The van der Waals surface area contributed by atoms with Crippen LogP contribution in [0.3, 0.4) is 0 Å². The number of phosphoric acid groups is 4. The Kier molecular flexibility index (Phi) is 15.1. The fourth-order valence-electron chi connectivity index (χ4n) is 8.24. The van der Waals surface area contributed by atoms with E-state index in [4.69, 9.17) is 59.0 Å². The number of phosphoric ester groups is 3. The number of aliphatic hydroxyl groups is 3. The molecule has 15 N–H and O–H groups in total. The molecule has 9 rings (SSSR count). The maximum Gasteiger partial charge on any atom is 0.490 e. The second kappa shape index (κ2) is 20.7. The molecule has 0 aromatic carbocycles. The van der Waals surface area contributed by atoms with E-state index in [0.29, 0.717) is 0 Å². The van der Waals surface area contributed by atoms with Crippen molar-refractivity contribution in [3.63, 3.8) is 0 Å². The van der Waals surface area contributed by atoms with Crippen LogP contribution in [-0.4, -0.2) is 182 Å². The third kappa shape index (κ3) is 11.1. The second-order valence-corrected chi connectivity index (χ2v) is 22.2. The number of fused-ring (bicyclic) bond motifs is 3. The van der Waals surface area contributed by atoms with Crippen LogP contribution in [0.4, 0.5) is 17.7 Å². The van der Waals surface area contributed by atoms with Gasteiger partial charge in [-0.05, 0) is 0 Å². The Morgan fingerprint density at radius 2 is 1.01 bits per heavy atom. The smallest absolute Gasteiger partial charge is 0.387 e. The van der Waals surface area contributed by atoms with Crippen molar-refractivity contribution in [3.05, 3.63) is 46.0 Å². The number of nitrogens with zero attached hydrogens (tertiary/aromatic N) is 10. The number of hydrogen-bond acceptors (Lipinski definition) is 30. The number of nitrogen functional groups attached to an aromatic ring is 3. The Hall–Kier alpha value is -5.15. The van der Waals surface area contributed by atoms with Gasteiger partial charge in [-0.25, -0.2) is 43.2 Å². The standard InChI is InChI=1S/C32H43N15O24P4/c1-61-19-11(67-29(18(19)50)47-9-40-15-25(47)42-32(35)44-27(15)52)4-64-73(55,56)70-75(59,60)71-74(57,58)65-5-12-20(21(62-2)30(68-12)45-7-38-13-22(33)36-6-37-23(13)45)69-72(53,54)63-3-10-16(48)17(49)28(66-10)46-8-39-14-24(46)41-31(34)43-26(14)51/h6-12,16-21,28-30,48-50H,3-5H2,1-2H3,(H,53,54)(H,55,56)(H,57,58)(H,59,60)(H2,33,36,37)(H3,34,41,43,51)(H3,35,42,44,52)/t10-,11-,12-,16?,17?,18?,19?,20?,21?,28-,29-,30-/m1/s1. The number of H-pyrrole nitrogens is 2. The minimum absolute atomic E-state index is 0.0119.